The summed E-state index contributed by atoms with van der Waals surface area (Å²) in [7, 11) is 0. The van der Waals surface area contributed by atoms with E-state index < -0.39 is 0 Å². The molecule has 0 aromatic carbocycles. The van der Waals surface area contributed by atoms with Crippen molar-refractivity contribution in [2.45, 2.75) is 58.1 Å². The first kappa shape index (κ1) is 10.4. The molecule has 1 fully saturated rings. The molecular weight excluding hydrogens is 164 g/mol. The average molecular weight is 186 g/mol. The van der Waals surface area contributed by atoms with Gasteiger partial charge in [0.2, 0.25) is 0 Å². The topological polar surface area (TPSA) is 0 Å². The molecule has 0 atom stereocenters. The molecule has 0 aromatic rings. The highest BCUT2D eigenvalue weighted by molar-refractivity contribution is 8.00. The van der Waals surface area contributed by atoms with Gasteiger partial charge >= 0.3 is 0 Å². The Morgan fingerprint density at radius 2 is 1.50 bits per heavy atom. The largest absolute Gasteiger partial charge is 0.156 e. The molecule has 1 aliphatic rings. The lowest BCUT2D eigenvalue weighted by atomic mass is 9.73. The maximum Gasteiger partial charge on any atom is 0.0132 e. The molecule has 1 saturated carbocycles. The van der Waals surface area contributed by atoms with Gasteiger partial charge in [0.1, 0.15) is 0 Å². The molecule has 0 saturated heterocycles. The maximum atomic E-state index is 2.44. The summed E-state index contributed by atoms with van der Waals surface area (Å²) in [5, 5.41) is 0. The van der Waals surface area contributed by atoms with Gasteiger partial charge in [-0.15, -0.1) is 0 Å². The third-order valence-corrected chi connectivity index (χ3v) is 4.55. The van der Waals surface area contributed by atoms with Crippen molar-refractivity contribution in [2.75, 3.05) is 5.75 Å². The van der Waals surface area contributed by atoms with Crippen molar-refractivity contribution >= 4 is 11.8 Å². The van der Waals surface area contributed by atoms with Gasteiger partial charge in [-0.2, -0.15) is 11.8 Å². The van der Waals surface area contributed by atoms with E-state index in [1.807, 2.05) is 0 Å². The number of thioether (sulfide) groups is 1. The zero-order chi connectivity index (χ0) is 9.24. The summed E-state index contributed by atoms with van der Waals surface area (Å²) < 4.78 is 0.601. The van der Waals surface area contributed by atoms with Gasteiger partial charge in [0, 0.05) is 4.75 Å². The smallest absolute Gasteiger partial charge is 0.0132 e. The Morgan fingerprint density at radius 3 is 1.92 bits per heavy atom. The van der Waals surface area contributed by atoms with Crippen molar-refractivity contribution in [3.05, 3.63) is 0 Å². The fourth-order valence-corrected chi connectivity index (χ4v) is 3.14. The van der Waals surface area contributed by atoms with Crippen LogP contribution in [0.1, 0.15) is 53.4 Å². The highest BCUT2D eigenvalue weighted by Crippen LogP contribution is 2.46. The van der Waals surface area contributed by atoms with E-state index in [9.17, 15) is 0 Å². The first-order valence-electron chi connectivity index (χ1n) is 5.11. The van der Waals surface area contributed by atoms with E-state index in [1.54, 1.807) is 0 Å². The van der Waals surface area contributed by atoms with Gasteiger partial charge in [-0.05, 0) is 36.9 Å². The van der Waals surface area contributed by atoms with E-state index in [-0.39, 0.29) is 0 Å². The molecular formula is C11H22S. The van der Waals surface area contributed by atoms with Gasteiger partial charge < -0.3 is 0 Å². The Balaban J connectivity index is 2.44. The minimum atomic E-state index is 0.601. The van der Waals surface area contributed by atoms with E-state index in [0.717, 1.165) is 0 Å². The molecule has 0 N–H and O–H groups in total. The zero-order valence-electron chi connectivity index (χ0n) is 8.94. The third-order valence-electron chi connectivity index (χ3n) is 3.15. The molecule has 0 spiro atoms. The second-order valence-electron chi connectivity index (χ2n) is 5.05. The molecule has 12 heavy (non-hydrogen) atoms. The summed E-state index contributed by atoms with van der Waals surface area (Å²) in [4.78, 5) is 0. The highest BCUT2D eigenvalue weighted by atomic mass is 32.2. The van der Waals surface area contributed by atoms with E-state index in [2.05, 4.69) is 39.5 Å². The van der Waals surface area contributed by atoms with Crippen molar-refractivity contribution in [1.29, 1.82) is 0 Å². The molecule has 1 rings (SSSR count). The van der Waals surface area contributed by atoms with E-state index in [0.29, 0.717) is 10.2 Å². The summed E-state index contributed by atoms with van der Waals surface area (Å²) in [6, 6.07) is 0. The van der Waals surface area contributed by atoms with E-state index in [1.165, 1.54) is 31.4 Å². The molecule has 0 radical (unpaired) electrons. The van der Waals surface area contributed by atoms with Gasteiger partial charge in [-0.3, -0.25) is 0 Å². The zero-order valence-corrected chi connectivity index (χ0v) is 9.76. The van der Waals surface area contributed by atoms with Crippen LogP contribution in [0.2, 0.25) is 0 Å². The standard InChI is InChI=1S/C11H22S/c1-5-12-11(4)8-6-10(2,3)7-9-11/h5-9H2,1-4H3. The normalized spacial score (nSPS) is 27.0. The minimum Gasteiger partial charge on any atom is -0.156 e. The molecule has 0 aliphatic heterocycles. The summed E-state index contributed by atoms with van der Waals surface area (Å²) in [6.07, 6.45) is 5.66. The van der Waals surface area contributed by atoms with Crippen LogP contribution in [-0.2, 0) is 0 Å². The molecule has 0 amide bonds. The number of hydrogen-bond donors (Lipinski definition) is 0. The van der Waals surface area contributed by atoms with Crippen LogP contribution in [0.3, 0.4) is 0 Å². The van der Waals surface area contributed by atoms with Gasteiger partial charge in [0.05, 0.1) is 0 Å². The lowest BCUT2D eigenvalue weighted by Gasteiger charge is -2.40. The van der Waals surface area contributed by atoms with Crippen molar-refractivity contribution in [3.8, 4) is 0 Å². The second-order valence-corrected chi connectivity index (χ2v) is 6.90. The molecule has 0 nitrogen and oxygen atoms in total. The second kappa shape index (κ2) is 3.61. The summed E-state index contributed by atoms with van der Waals surface area (Å²) >= 11 is 2.16. The van der Waals surface area contributed by atoms with Crippen molar-refractivity contribution in [1.82, 2.24) is 0 Å². The van der Waals surface area contributed by atoms with Crippen molar-refractivity contribution in [3.63, 3.8) is 0 Å². The predicted molar refractivity (Wildman–Crippen MR) is 58.8 cm³/mol. The molecule has 1 aliphatic carbocycles. The quantitative estimate of drug-likeness (QED) is 0.625. The number of rotatable bonds is 2. The summed E-state index contributed by atoms with van der Waals surface area (Å²) in [5.74, 6) is 1.27. The van der Waals surface area contributed by atoms with Crippen LogP contribution < -0.4 is 0 Å². The predicted octanol–water partition coefficient (Wildman–Crippen LogP) is 4.10. The van der Waals surface area contributed by atoms with Gasteiger partial charge in [-0.1, -0.05) is 27.7 Å². The van der Waals surface area contributed by atoms with Crippen molar-refractivity contribution in [2.24, 2.45) is 5.41 Å². The van der Waals surface area contributed by atoms with Crippen LogP contribution in [0.25, 0.3) is 0 Å². The first-order valence-corrected chi connectivity index (χ1v) is 6.10. The highest BCUT2D eigenvalue weighted by Gasteiger charge is 2.34. The monoisotopic (exact) mass is 186 g/mol. The third kappa shape index (κ3) is 2.69. The molecule has 1 heteroatoms. The number of hydrogen-bond acceptors (Lipinski definition) is 1. The molecule has 0 heterocycles. The lowest BCUT2D eigenvalue weighted by Crippen LogP contribution is -2.31. The minimum absolute atomic E-state index is 0.601. The molecule has 0 aromatic heterocycles. The van der Waals surface area contributed by atoms with Crippen LogP contribution in [0.5, 0.6) is 0 Å². The summed E-state index contributed by atoms with van der Waals surface area (Å²) in [6.45, 7) is 9.53. The Hall–Kier alpha value is 0.350. The van der Waals surface area contributed by atoms with E-state index >= 15 is 0 Å². The average Bonchev–Trinajstić information content (AvgIpc) is 1.98. The Morgan fingerprint density at radius 1 is 1.00 bits per heavy atom. The van der Waals surface area contributed by atoms with Gasteiger partial charge in [0.25, 0.3) is 0 Å². The van der Waals surface area contributed by atoms with Gasteiger partial charge in [0.15, 0.2) is 0 Å². The van der Waals surface area contributed by atoms with Crippen LogP contribution in [0.4, 0.5) is 0 Å². The van der Waals surface area contributed by atoms with Crippen LogP contribution >= 0.6 is 11.8 Å². The maximum absolute atomic E-state index is 2.44. The Bertz CT molecular complexity index is 139. The first-order chi connectivity index (χ1) is 5.47. The fourth-order valence-electron chi connectivity index (χ4n) is 1.95. The summed E-state index contributed by atoms with van der Waals surface area (Å²) in [5.41, 5.74) is 0.619. The van der Waals surface area contributed by atoms with E-state index in [4.69, 9.17) is 0 Å². The van der Waals surface area contributed by atoms with Crippen LogP contribution in [0.15, 0.2) is 0 Å². The van der Waals surface area contributed by atoms with Crippen LogP contribution in [0, 0.1) is 5.41 Å². The fraction of sp³-hybridized carbons (Fsp3) is 1.00. The molecule has 0 unspecified atom stereocenters. The lowest BCUT2D eigenvalue weighted by molar-refractivity contribution is 0.217. The van der Waals surface area contributed by atoms with Crippen LogP contribution in [-0.4, -0.2) is 10.5 Å². The Kier molecular flexibility index (Phi) is 3.14. The molecule has 72 valence electrons. The SMILES string of the molecule is CCSC1(C)CCC(C)(C)CC1. The van der Waals surface area contributed by atoms with Gasteiger partial charge in [-0.25, -0.2) is 0 Å². The Labute approximate surface area is 81.5 Å². The molecule has 0 bridgehead atoms. The van der Waals surface area contributed by atoms with Crippen molar-refractivity contribution < 1.29 is 0 Å².